The van der Waals surface area contributed by atoms with E-state index < -0.39 is 5.91 Å². The van der Waals surface area contributed by atoms with Gasteiger partial charge >= 0.3 is 0 Å². The molecule has 0 saturated heterocycles. The summed E-state index contributed by atoms with van der Waals surface area (Å²) in [6.45, 7) is 3.49. The summed E-state index contributed by atoms with van der Waals surface area (Å²) < 4.78 is 5.48. The van der Waals surface area contributed by atoms with E-state index in [4.69, 9.17) is 10.5 Å². The average molecular weight is 396 g/mol. The summed E-state index contributed by atoms with van der Waals surface area (Å²) in [7, 11) is 2.03. The Labute approximate surface area is 162 Å². The van der Waals surface area contributed by atoms with Gasteiger partial charge < -0.3 is 20.7 Å². The highest BCUT2D eigenvalue weighted by atomic mass is 35.5. The molecule has 3 N–H and O–H groups in total. The molecule has 0 aliphatic carbocycles. The van der Waals surface area contributed by atoms with Gasteiger partial charge in [-0.3, -0.25) is 9.59 Å². The highest BCUT2D eigenvalue weighted by Crippen LogP contribution is 2.36. The van der Waals surface area contributed by atoms with Gasteiger partial charge in [0, 0.05) is 18.0 Å². The third-order valence-electron chi connectivity index (χ3n) is 4.14. The maximum absolute atomic E-state index is 12.2. The number of amides is 2. The number of primary amides is 1. The minimum atomic E-state index is -0.503. The number of hydrogen-bond donors (Lipinski definition) is 2. The molecule has 0 bridgehead atoms. The van der Waals surface area contributed by atoms with E-state index in [1.165, 1.54) is 11.3 Å². The quantitative estimate of drug-likeness (QED) is 0.814. The first kappa shape index (κ1) is 20.2. The average Bonchev–Trinajstić information content (AvgIpc) is 2.91. The molecule has 2 amide bonds. The van der Waals surface area contributed by atoms with Crippen molar-refractivity contribution in [3.05, 3.63) is 45.8 Å². The first-order valence-electron chi connectivity index (χ1n) is 8.06. The van der Waals surface area contributed by atoms with Gasteiger partial charge in [0.15, 0.2) is 6.61 Å². The van der Waals surface area contributed by atoms with E-state index in [-0.39, 0.29) is 24.9 Å². The van der Waals surface area contributed by atoms with Crippen LogP contribution < -0.4 is 15.8 Å². The second-order valence-electron chi connectivity index (χ2n) is 6.21. The first-order chi connectivity index (χ1) is 11.9. The maximum atomic E-state index is 12.2. The molecule has 1 aromatic heterocycles. The monoisotopic (exact) mass is 395 g/mol. The Morgan fingerprint density at radius 3 is 2.65 bits per heavy atom. The van der Waals surface area contributed by atoms with Gasteiger partial charge in [-0.25, -0.2) is 0 Å². The SMILES string of the molecule is Cc1ccc(OCC(=O)Nc2sc3c(c2C(N)=O)CCN(C)C3)cc1.Cl. The highest BCUT2D eigenvalue weighted by molar-refractivity contribution is 7.17. The molecule has 0 fully saturated rings. The van der Waals surface area contributed by atoms with Crippen molar-refractivity contribution in [1.82, 2.24) is 4.90 Å². The minimum Gasteiger partial charge on any atom is -0.484 e. The van der Waals surface area contributed by atoms with Gasteiger partial charge in [0.2, 0.25) is 0 Å². The Bertz CT molecular complexity index is 805. The summed E-state index contributed by atoms with van der Waals surface area (Å²) in [6, 6.07) is 7.47. The number of aryl methyl sites for hydroxylation is 1. The molecule has 6 nitrogen and oxygen atoms in total. The first-order valence-corrected chi connectivity index (χ1v) is 8.88. The Hall–Kier alpha value is -2.09. The number of carbonyl (C=O) groups is 2. The number of nitrogens with two attached hydrogens (primary N) is 1. The van der Waals surface area contributed by atoms with Crippen LogP contribution in [0, 0.1) is 6.92 Å². The second-order valence-corrected chi connectivity index (χ2v) is 7.32. The fourth-order valence-corrected chi connectivity index (χ4v) is 4.18. The normalized spacial score (nSPS) is 13.5. The van der Waals surface area contributed by atoms with Crippen LogP contribution in [0.4, 0.5) is 5.00 Å². The number of likely N-dealkylation sites (N-methyl/N-ethyl adjacent to an activating group) is 1. The second kappa shape index (κ2) is 8.53. The lowest BCUT2D eigenvalue weighted by molar-refractivity contribution is -0.118. The number of anilines is 1. The van der Waals surface area contributed by atoms with Gasteiger partial charge in [0.1, 0.15) is 10.8 Å². The Kier molecular flexibility index (Phi) is 6.63. The number of hydrogen-bond acceptors (Lipinski definition) is 5. The summed E-state index contributed by atoms with van der Waals surface area (Å²) >= 11 is 1.42. The zero-order valence-corrected chi connectivity index (χ0v) is 16.3. The molecule has 2 heterocycles. The fourth-order valence-electron chi connectivity index (χ4n) is 2.83. The van der Waals surface area contributed by atoms with E-state index in [0.29, 0.717) is 16.3 Å². The predicted octanol–water partition coefficient (Wildman–Crippen LogP) is 2.58. The molecule has 8 heteroatoms. The van der Waals surface area contributed by atoms with Crippen molar-refractivity contribution in [2.45, 2.75) is 19.9 Å². The van der Waals surface area contributed by atoms with Crippen molar-refractivity contribution in [3.63, 3.8) is 0 Å². The molecular weight excluding hydrogens is 374 g/mol. The molecule has 3 rings (SSSR count). The highest BCUT2D eigenvalue weighted by Gasteiger charge is 2.26. The van der Waals surface area contributed by atoms with Crippen LogP contribution in [0.5, 0.6) is 5.75 Å². The number of fused-ring (bicyclic) bond motifs is 1. The van der Waals surface area contributed by atoms with Crippen LogP contribution in [0.25, 0.3) is 0 Å². The molecule has 26 heavy (non-hydrogen) atoms. The summed E-state index contributed by atoms with van der Waals surface area (Å²) in [5.74, 6) is -0.185. The van der Waals surface area contributed by atoms with Crippen LogP contribution in [-0.4, -0.2) is 36.9 Å². The molecule has 1 aliphatic rings. The topological polar surface area (TPSA) is 84.7 Å². The Morgan fingerprint density at radius 2 is 2.00 bits per heavy atom. The molecule has 0 saturated carbocycles. The molecule has 1 aliphatic heterocycles. The maximum Gasteiger partial charge on any atom is 0.262 e. The zero-order chi connectivity index (χ0) is 18.0. The van der Waals surface area contributed by atoms with Gasteiger partial charge in [-0.15, -0.1) is 23.7 Å². The number of nitrogens with one attached hydrogen (secondary N) is 1. The molecule has 2 aromatic rings. The summed E-state index contributed by atoms with van der Waals surface area (Å²) in [5, 5.41) is 3.30. The zero-order valence-electron chi connectivity index (χ0n) is 14.7. The largest absolute Gasteiger partial charge is 0.484 e. The van der Waals surface area contributed by atoms with Crippen molar-refractivity contribution < 1.29 is 14.3 Å². The van der Waals surface area contributed by atoms with Crippen molar-refractivity contribution in [2.75, 3.05) is 25.5 Å². The third kappa shape index (κ3) is 4.55. The van der Waals surface area contributed by atoms with E-state index in [1.807, 2.05) is 38.2 Å². The Morgan fingerprint density at radius 1 is 1.31 bits per heavy atom. The Balaban J connectivity index is 0.00000243. The van der Waals surface area contributed by atoms with E-state index >= 15 is 0 Å². The number of ether oxygens (including phenoxy) is 1. The minimum absolute atomic E-state index is 0. The van der Waals surface area contributed by atoms with E-state index in [1.54, 1.807) is 0 Å². The standard InChI is InChI=1S/C18H21N3O3S.ClH/c1-11-3-5-12(6-4-11)24-10-15(22)20-18-16(17(19)23)13-7-8-21(2)9-14(13)25-18;/h3-6H,7-10H2,1-2H3,(H2,19,23)(H,20,22);1H. The lowest BCUT2D eigenvalue weighted by Crippen LogP contribution is -2.27. The van der Waals surface area contributed by atoms with Gasteiger partial charge in [-0.05, 0) is 38.1 Å². The van der Waals surface area contributed by atoms with Crippen molar-refractivity contribution in [2.24, 2.45) is 5.73 Å². The van der Waals surface area contributed by atoms with Crippen molar-refractivity contribution in [1.29, 1.82) is 0 Å². The predicted molar refractivity (Wildman–Crippen MR) is 105 cm³/mol. The third-order valence-corrected chi connectivity index (χ3v) is 5.27. The molecular formula is C18H22ClN3O3S. The number of carbonyl (C=O) groups excluding carboxylic acids is 2. The lowest BCUT2D eigenvalue weighted by Gasteiger charge is -2.22. The van der Waals surface area contributed by atoms with Crippen LogP contribution in [0.15, 0.2) is 24.3 Å². The number of rotatable bonds is 5. The van der Waals surface area contributed by atoms with Crippen molar-refractivity contribution >= 4 is 40.6 Å². The van der Waals surface area contributed by atoms with E-state index in [0.717, 1.165) is 35.5 Å². The number of benzene rings is 1. The summed E-state index contributed by atoms with van der Waals surface area (Å²) in [6.07, 6.45) is 0.760. The van der Waals surface area contributed by atoms with Gasteiger partial charge in [0.25, 0.3) is 11.8 Å². The van der Waals surface area contributed by atoms with Crippen LogP contribution >= 0.6 is 23.7 Å². The van der Waals surface area contributed by atoms with Crippen LogP contribution in [0.1, 0.15) is 26.4 Å². The van der Waals surface area contributed by atoms with Crippen LogP contribution in [0.2, 0.25) is 0 Å². The number of halogens is 1. The van der Waals surface area contributed by atoms with Gasteiger partial charge in [-0.1, -0.05) is 17.7 Å². The summed E-state index contributed by atoms with van der Waals surface area (Å²) in [4.78, 5) is 27.3. The molecule has 0 atom stereocenters. The smallest absolute Gasteiger partial charge is 0.262 e. The summed E-state index contributed by atoms with van der Waals surface area (Å²) in [5.41, 5.74) is 8.07. The number of thiophene rings is 1. The molecule has 1 aromatic carbocycles. The van der Waals surface area contributed by atoms with E-state index in [2.05, 4.69) is 10.2 Å². The van der Waals surface area contributed by atoms with Crippen LogP contribution in [-0.2, 0) is 17.8 Å². The van der Waals surface area contributed by atoms with Crippen molar-refractivity contribution in [3.8, 4) is 5.75 Å². The molecule has 0 unspecified atom stereocenters. The van der Waals surface area contributed by atoms with Gasteiger partial charge in [-0.2, -0.15) is 0 Å². The fraction of sp³-hybridized carbons (Fsp3) is 0.333. The molecule has 0 spiro atoms. The lowest BCUT2D eigenvalue weighted by atomic mass is 10.0. The number of nitrogens with zero attached hydrogens (tertiary/aromatic N) is 1. The molecule has 140 valence electrons. The van der Waals surface area contributed by atoms with Gasteiger partial charge in [0.05, 0.1) is 5.56 Å². The van der Waals surface area contributed by atoms with Crippen LogP contribution in [0.3, 0.4) is 0 Å². The van der Waals surface area contributed by atoms with E-state index in [9.17, 15) is 9.59 Å². The molecule has 0 radical (unpaired) electrons.